The molecule has 1 heterocycles. The van der Waals surface area contributed by atoms with Crippen molar-refractivity contribution < 1.29 is 14.3 Å². The number of carbonyl (C=O) groups excluding carboxylic acids is 2. The molecule has 0 unspecified atom stereocenters. The number of rotatable bonds is 5. The number of aryl methyl sites for hydroxylation is 1. The standard InChI is InChI=1S/C15H23N3O3/c1-15(2,21-4)7-8-16-14(20)13-11-9-10(19)5-6-12(11)18(3)17-13/h5-9H2,1-4H3,(H,16,20). The number of nitrogens with zero attached hydrogens (tertiary/aromatic N) is 2. The number of fused-ring (bicyclic) bond motifs is 1. The second-order valence-electron chi connectivity index (χ2n) is 6.08. The molecule has 1 N–H and O–H groups in total. The number of hydrogen-bond acceptors (Lipinski definition) is 4. The van der Waals surface area contributed by atoms with Gasteiger partial charge in [-0.1, -0.05) is 0 Å². The first-order chi connectivity index (χ1) is 9.84. The van der Waals surface area contributed by atoms with Crippen molar-refractivity contribution in [2.24, 2.45) is 7.05 Å². The van der Waals surface area contributed by atoms with Crippen molar-refractivity contribution >= 4 is 11.7 Å². The SMILES string of the molecule is COC(C)(C)CCNC(=O)c1nn(C)c2c1CC(=O)CC2. The van der Waals surface area contributed by atoms with Crippen molar-refractivity contribution in [3.05, 3.63) is 17.0 Å². The number of ether oxygens (including phenoxy) is 1. The molecule has 0 spiro atoms. The first-order valence-electron chi connectivity index (χ1n) is 7.24. The third-order valence-corrected chi connectivity index (χ3v) is 4.07. The van der Waals surface area contributed by atoms with Gasteiger partial charge in [0, 0.05) is 44.8 Å². The van der Waals surface area contributed by atoms with Gasteiger partial charge in [-0.15, -0.1) is 0 Å². The highest BCUT2D eigenvalue weighted by Gasteiger charge is 2.27. The molecule has 1 aliphatic carbocycles. The van der Waals surface area contributed by atoms with Gasteiger partial charge >= 0.3 is 0 Å². The third kappa shape index (κ3) is 3.50. The van der Waals surface area contributed by atoms with Gasteiger partial charge < -0.3 is 10.1 Å². The van der Waals surface area contributed by atoms with E-state index in [2.05, 4.69) is 10.4 Å². The number of amides is 1. The van der Waals surface area contributed by atoms with Crippen LogP contribution in [0.15, 0.2) is 0 Å². The number of hydrogen-bond donors (Lipinski definition) is 1. The van der Waals surface area contributed by atoms with E-state index < -0.39 is 0 Å². The molecule has 21 heavy (non-hydrogen) atoms. The summed E-state index contributed by atoms with van der Waals surface area (Å²) in [7, 11) is 3.47. The number of methoxy groups -OCH3 is 1. The number of Topliss-reactive ketones (excluding diaryl/α,β-unsaturated/α-hetero) is 1. The molecule has 0 aliphatic heterocycles. The molecule has 116 valence electrons. The second-order valence-corrected chi connectivity index (χ2v) is 6.08. The Hall–Kier alpha value is -1.69. The number of nitrogens with one attached hydrogen (secondary N) is 1. The smallest absolute Gasteiger partial charge is 0.272 e. The maximum absolute atomic E-state index is 12.3. The third-order valence-electron chi connectivity index (χ3n) is 4.07. The quantitative estimate of drug-likeness (QED) is 0.880. The molecule has 2 rings (SSSR count). The summed E-state index contributed by atoms with van der Waals surface area (Å²) in [5.41, 5.74) is 1.90. The lowest BCUT2D eigenvalue weighted by Crippen LogP contribution is -2.33. The normalized spacial score (nSPS) is 15.0. The summed E-state index contributed by atoms with van der Waals surface area (Å²) in [6.07, 6.45) is 2.23. The van der Waals surface area contributed by atoms with Gasteiger partial charge in [0.1, 0.15) is 5.78 Å². The molecular formula is C15H23N3O3. The van der Waals surface area contributed by atoms with E-state index >= 15 is 0 Å². The Kier molecular flexibility index (Phi) is 4.46. The first kappa shape index (κ1) is 15.7. The Bertz CT molecular complexity index is 561. The van der Waals surface area contributed by atoms with Crippen molar-refractivity contribution in [1.29, 1.82) is 0 Å². The van der Waals surface area contributed by atoms with Crippen molar-refractivity contribution in [3.63, 3.8) is 0 Å². The molecule has 0 fully saturated rings. The predicted octanol–water partition coefficient (Wildman–Crippen LogP) is 1.02. The fourth-order valence-corrected chi connectivity index (χ4v) is 2.49. The Labute approximate surface area is 124 Å². The lowest BCUT2D eigenvalue weighted by molar-refractivity contribution is -0.118. The van der Waals surface area contributed by atoms with Crippen LogP contribution in [0.25, 0.3) is 0 Å². The van der Waals surface area contributed by atoms with E-state index in [9.17, 15) is 9.59 Å². The summed E-state index contributed by atoms with van der Waals surface area (Å²) in [6.45, 7) is 4.46. The molecule has 1 aromatic rings. The Morgan fingerprint density at radius 1 is 1.43 bits per heavy atom. The summed E-state index contributed by atoms with van der Waals surface area (Å²) < 4.78 is 7.04. The van der Waals surface area contributed by atoms with Crippen LogP contribution in [0.2, 0.25) is 0 Å². The molecule has 1 aliphatic rings. The minimum absolute atomic E-state index is 0.171. The average Bonchev–Trinajstić information content (AvgIpc) is 2.75. The van der Waals surface area contributed by atoms with Crippen LogP contribution in [0.1, 0.15) is 48.4 Å². The topological polar surface area (TPSA) is 73.2 Å². The highest BCUT2D eigenvalue weighted by atomic mass is 16.5. The fraction of sp³-hybridized carbons (Fsp3) is 0.667. The minimum Gasteiger partial charge on any atom is -0.379 e. The van der Waals surface area contributed by atoms with Gasteiger partial charge in [0.05, 0.1) is 5.60 Å². The van der Waals surface area contributed by atoms with E-state index in [-0.39, 0.29) is 17.3 Å². The lowest BCUT2D eigenvalue weighted by Gasteiger charge is -2.22. The van der Waals surface area contributed by atoms with E-state index in [4.69, 9.17) is 4.74 Å². The van der Waals surface area contributed by atoms with Crippen molar-refractivity contribution in [3.8, 4) is 0 Å². The zero-order valence-corrected chi connectivity index (χ0v) is 13.2. The maximum Gasteiger partial charge on any atom is 0.272 e. The van der Waals surface area contributed by atoms with E-state index in [0.29, 0.717) is 37.9 Å². The highest BCUT2D eigenvalue weighted by Crippen LogP contribution is 2.22. The van der Waals surface area contributed by atoms with Crippen LogP contribution in [0.4, 0.5) is 0 Å². The van der Waals surface area contributed by atoms with Gasteiger partial charge in [-0.25, -0.2) is 0 Å². The predicted molar refractivity (Wildman–Crippen MR) is 78.3 cm³/mol. The molecule has 6 heteroatoms. The van der Waals surface area contributed by atoms with Gasteiger partial charge in [0.25, 0.3) is 5.91 Å². The first-order valence-corrected chi connectivity index (χ1v) is 7.24. The van der Waals surface area contributed by atoms with E-state index in [1.54, 1.807) is 11.8 Å². The van der Waals surface area contributed by atoms with Crippen LogP contribution < -0.4 is 5.32 Å². The largest absolute Gasteiger partial charge is 0.379 e. The molecule has 1 aromatic heterocycles. The maximum atomic E-state index is 12.3. The summed E-state index contributed by atoms with van der Waals surface area (Å²) >= 11 is 0. The van der Waals surface area contributed by atoms with Crippen LogP contribution in [0.5, 0.6) is 0 Å². The van der Waals surface area contributed by atoms with Gasteiger partial charge in [0.2, 0.25) is 0 Å². The van der Waals surface area contributed by atoms with Crippen molar-refractivity contribution in [2.45, 2.75) is 45.1 Å². The average molecular weight is 293 g/mol. The molecule has 0 saturated heterocycles. The van der Waals surface area contributed by atoms with Gasteiger partial charge in [-0.05, 0) is 26.7 Å². The Balaban J connectivity index is 2.05. The molecule has 0 aromatic carbocycles. The molecule has 6 nitrogen and oxygen atoms in total. The van der Waals surface area contributed by atoms with E-state index in [1.807, 2.05) is 20.9 Å². The summed E-state index contributed by atoms with van der Waals surface area (Å²) in [6, 6.07) is 0. The molecule has 0 radical (unpaired) electrons. The molecule has 0 atom stereocenters. The minimum atomic E-state index is -0.271. The van der Waals surface area contributed by atoms with E-state index in [1.165, 1.54) is 0 Å². The zero-order valence-electron chi connectivity index (χ0n) is 13.2. The Morgan fingerprint density at radius 3 is 2.81 bits per heavy atom. The van der Waals surface area contributed by atoms with Gasteiger partial charge in [0.15, 0.2) is 5.69 Å². The van der Waals surface area contributed by atoms with Gasteiger partial charge in [-0.2, -0.15) is 5.10 Å². The van der Waals surface area contributed by atoms with Crippen LogP contribution in [0.3, 0.4) is 0 Å². The summed E-state index contributed by atoms with van der Waals surface area (Å²) in [5.74, 6) is -0.0430. The van der Waals surface area contributed by atoms with Crippen molar-refractivity contribution in [2.75, 3.05) is 13.7 Å². The molecule has 0 bridgehead atoms. The molecular weight excluding hydrogens is 270 g/mol. The van der Waals surface area contributed by atoms with E-state index in [0.717, 1.165) is 11.3 Å². The highest BCUT2D eigenvalue weighted by molar-refractivity contribution is 5.96. The van der Waals surface area contributed by atoms with Crippen LogP contribution in [-0.2, 0) is 29.4 Å². The van der Waals surface area contributed by atoms with Gasteiger partial charge in [-0.3, -0.25) is 14.3 Å². The Morgan fingerprint density at radius 2 is 2.14 bits per heavy atom. The second kappa shape index (κ2) is 5.97. The molecule has 1 amide bonds. The number of aromatic nitrogens is 2. The van der Waals surface area contributed by atoms with Crippen LogP contribution in [-0.4, -0.2) is 40.7 Å². The zero-order chi connectivity index (χ0) is 15.6. The molecule has 0 saturated carbocycles. The number of carbonyl (C=O) groups is 2. The lowest BCUT2D eigenvalue weighted by atomic mass is 9.94. The van der Waals surface area contributed by atoms with Crippen molar-refractivity contribution in [1.82, 2.24) is 15.1 Å². The monoisotopic (exact) mass is 293 g/mol. The fourth-order valence-electron chi connectivity index (χ4n) is 2.49. The van der Waals surface area contributed by atoms with Crippen LogP contribution in [0, 0.1) is 0 Å². The van der Waals surface area contributed by atoms with Crippen LogP contribution >= 0.6 is 0 Å². The number of ketones is 1. The summed E-state index contributed by atoms with van der Waals surface area (Å²) in [4.78, 5) is 23.9. The summed E-state index contributed by atoms with van der Waals surface area (Å²) in [5, 5.41) is 7.14.